The van der Waals surface area contributed by atoms with E-state index in [1.807, 2.05) is 14.0 Å². The molecular weight excluding hydrogens is 264 g/mol. The quantitative estimate of drug-likeness (QED) is 0.910. The standard InChI is InChI=1S/C13H21ClN4O/c1-3-6-18-13(19)12(14)11(8-16-18)17-7-4-5-10(9-17)15-2/h8,10,15H,3-7,9H2,1-2H3. The zero-order valence-electron chi connectivity index (χ0n) is 11.5. The van der Waals surface area contributed by atoms with Crippen LogP contribution >= 0.6 is 11.6 Å². The Morgan fingerprint density at radius 1 is 1.58 bits per heavy atom. The van der Waals surface area contributed by atoms with E-state index >= 15 is 0 Å². The Morgan fingerprint density at radius 3 is 3.05 bits per heavy atom. The molecule has 2 rings (SSSR count). The Balaban J connectivity index is 2.25. The molecule has 0 saturated carbocycles. The summed E-state index contributed by atoms with van der Waals surface area (Å²) in [6.07, 6.45) is 4.84. The first-order chi connectivity index (χ1) is 9.17. The van der Waals surface area contributed by atoms with E-state index in [4.69, 9.17) is 11.6 Å². The van der Waals surface area contributed by atoms with Gasteiger partial charge < -0.3 is 10.2 Å². The predicted octanol–water partition coefficient (Wildman–Crippen LogP) is 1.49. The largest absolute Gasteiger partial charge is 0.367 e. The van der Waals surface area contributed by atoms with Gasteiger partial charge in [-0.3, -0.25) is 4.79 Å². The van der Waals surface area contributed by atoms with Gasteiger partial charge in [0.2, 0.25) is 0 Å². The second-order valence-corrected chi connectivity index (χ2v) is 5.32. The number of hydrogen-bond donors (Lipinski definition) is 1. The second-order valence-electron chi connectivity index (χ2n) is 4.95. The molecule has 1 saturated heterocycles. The van der Waals surface area contributed by atoms with E-state index in [-0.39, 0.29) is 5.56 Å². The first kappa shape index (κ1) is 14.3. The normalized spacial score (nSPS) is 19.7. The average molecular weight is 285 g/mol. The number of nitrogens with zero attached hydrogens (tertiary/aromatic N) is 3. The van der Waals surface area contributed by atoms with Gasteiger partial charge in [0.15, 0.2) is 0 Å². The van der Waals surface area contributed by atoms with Crippen molar-refractivity contribution in [2.24, 2.45) is 0 Å². The van der Waals surface area contributed by atoms with Crippen molar-refractivity contribution < 1.29 is 0 Å². The number of nitrogens with one attached hydrogen (secondary N) is 1. The number of halogens is 1. The highest BCUT2D eigenvalue weighted by molar-refractivity contribution is 6.33. The van der Waals surface area contributed by atoms with Gasteiger partial charge in [-0.1, -0.05) is 18.5 Å². The van der Waals surface area contributed by atoms with Crippen LogP contribution in [0.4, 0.5) is 5.69 Å². The van der Waals surface area contributed by atoms with Gasteiger partial charge >= 0.3 is 0 Å². The summed E-state index contributed by atoms with van der Waals surface area (Å²) >= 11 is 6.22. The molecular formula is C13H21ClN4O. The van der Waals surface area contributed by atoms with Crippen LogP contribution in [0.2, 0.25) is 5.02 Å². The SMILES string of the molecule is CCCn1ncc(N2CCCC(NC)C2)c(Cl)c1=O. The molecule has 1 aliphatic rings. The Morgan fingerprint density at radius 2 is 2.37 bits per heavy atom. The summed E-state index contributed by atoms with van der Waals surface area (Å²) in [6, 6.07) is 0.447. The van der Waals surface area contributed by atoms with E-state index in [0.29, 0.717) is 17.6 Å². The maximum Gasteiger partial charge on any atom is 0.287 e. The minimum absolute atomic E-state index is 0.187. The van der Waals surface area contributed by atoms with E-state index in [2.05, 4.69) is 15.3 Å². The van der Waals surface area contributed by atoms with Gasteiger partial charge in [-0.15, -0.1) is 0 Å². The molecule has 0 aromatic carbocycles. The Hall–Kier alpha value is -1.07. The van der Waals surface area contributed by atoms with Crippen LogP contribution in [0, 0.1) is 0 Å². The first-order valence-electron chi connectivity index (χ1n) is 6.85. The first-order valence-corrected chi connectivity index (χ1v) is 7.23. The molecule has 1 fully saturated rings. The molecule has 0 radical (unpaired) electrons. The molecule has 1 aromatic rings. The minimum Gasteiger partial charge on any atom is -0.367 e. The monoisotopic (exact) mass is 284 g/mol. The number of piperidine rings is 1. The van der Waals surface area contributed by atoms with E-state index < -0.39 is 0 Å². The van der Waals surface area contributed by atoms with Crippen molar-refractivity contribution in [2.45, 2.75) is 38.8 Å². The third kappa shape index (κ3) is 3.09. The van der Waals surface area contributed by atoms with Crippen molar-refractivity contribution in [3.05, 3.63) is 21.6 Å². The van der Waals surface area contributed by atoms with E-state index in [1.165, 1.54) is 4.68 Å². The van der Waals surface area contributed by atoms with Gasteiger partial charge in [0.1, 0.15) is 5.02 Å². The van der Waals surface area contributed by atoms with Crippen molar-refractivity contribution in [1.29, 1.82) is 0 Å². The maximum atomic E-state index is 12.1. The van der Waals surface area contributed by atoms with Gasteiger partial charge in [-0.25, -0.2) is 4.68 Å². The van der Waals surface area contributed by atoms with Crippen LogP contribution in [0.25, 0.3) is 0 Å². The predicted molar refractivity (Wildman–Crippen MR) is 78.1 cm³/mol. The van der Waals surface area contributed by atoms with Gasteiger partial charge in [-0.05, 0) is 26.3 Å². The number of rotatable bonds is 4. The fourth-order valence-electron chi connectivity index (χ4n) is 2.48. The van der Waals surface area contributed by atoms with Crippen molar-refractivity contribution in [1.82, 2.24) is 15.1 Å². The summed E-state index contributed by atoms with van der Waals surface area (Å²) < 4.78 is 1.44. The lowest BCUT2D eigenvalue weighted by Crippen LogP contribution is -2.45. The number of likely N-dealkylation sites (N-methyl/N-ethyl adjacent to an activating group) is 1. The molecule has 0 amide bonds. The Labute approximate surface area is 118 Å². The van der Waals surface area contributed by atoms with Gasteiger partial charge in [0.05, 0.1) is 11.9 Å². The lowest BCUT2D eigenvalue weighted by Gasteiger charge is -2.34. The fourth-order valence-corrected chi connectivity index (χ4v) is 2.75. The Kier molecular flexibility index (Phi) is 4.82. The summed E-state index contributed by atoms with van der Waals surface area (Å²) in [6.45, 7) is 4.42. The molecule has 1 aromatic heterocycles. The molecule has 1 N–H and O–H groups in total. The van der Waals surface area contributed by atoms with Crippen LogP contribution in [0.5, 0.6) is 0 Å². The molecule has 6 heteroatoms. The third-order valence-corrected chi connectivity index (χ3v) is 3.93. The highest BCUT2D eigenvalue weighted by Crippen LogP contribution is 2.24. The highest BCUT2D eigenvalue weighted by Gasteiger charge is 2.22. The fraction of sp³-hybridized carbons (Fsp3) is 0.692. The van der Waals surface area contributed by atoms with Gasteiger partial charge in [0, 0.05) is 25.7 Å². The molecule has 1 unspecified atom stereocenters. The lowest BCUT2D eigenvalue weighted by molar-refractivity contribution is 0.448. The molecule has 1 aliphatic heterocycles. The highest BCUT2D eigenvalue weighted by atomic mass is 35.5. The van der Waals surface area contributed by atoms with Crippen LogP contribution in [-0.4, -0.2) is 36.0 Å². The summed E-state index contributed by atoms with van der Waals surface area (Å²) in [5.74, 6) is 0. The Bertz CT molecular complexity index is 488. The molecule has 2 heterocycles. The molecule has 106 valence electrons. The number of anilines is 1. The van der Waals surface area contributed by atoms with Crippen molar-refractivity contribution in [2.75, 3.05) is 25.0 Å². The number of aryl methyl sites for hydroxylation is 1. The van der Waals surface area contributed by atoms with Crippen LogP contribution in [0.15, 0.2) is 11.0 Å². The second kappa shape index (κ2) is 6.39. The van der Waals surface area contributed by atoms with Crippen LogP contribution in [0.3, 0.4) is 0 Å². The molecule has 5 nitrogen and oxygen atoms in total. The number of hydrogen-bond acceptors (Lipinski definition) is 4. The number of aromatic nitrogens is 2. The zero-order chi connectivity index (χ0) is 13.8. The smallest absolute Gasteiger partial charge is 0.287 e. The summed E-state index contributed by atoms with van der Waals surface area (Å²) in [5, 5.41) is 7.79. The minimum atomic E-state index is -0.187. The third-order valence-electron chi connectivity index (χ3n) is 3.57. The van der Waals surface area contributed by atoms with Crippen molar-refractivity contribution in [3.8, 4) is 0 Å². The summed E-state index contributed by atoms with van der Waals surface area (Å²) in [4.78, 5) is 14.2. The summed E-state index contributed by atoms with van der Waals surface area (Å²) in [5.41, 5.74) is 0.576. The van der Waals surface area contributed by atoms with Gasteiger partial charge in [-0.2, -0.15) is 5.10 Å². The molecule has 0 aliphatic carbocycles. The van der Waals surface area contributed by atoms with E-state index in [0.717, 1.165) is 38.0 Å². The van der Waals surface area contributed by atoms with E-state index in [9.17, 15) is 4.79 Å². The maximum absolute atomic E-state index is 12.1. The topological polar surface area (TPSA) is 50.2 Å². The zero-order valence-corrected chi connectivity index (χ0v) is 12.3. The van der Waals surface area contributed by atoms with Crippen LogP contribution in [0.1, 0.15) is 26.2 Å². The molecule has 0 bridgehead atoms. The van der Waals surface area contributed by atoms with E-state index in [1.54, 1.807) is 6.20 Å². The molecule has 0 spiro atoms. The lowest BCUT2D eigenvalue weighted by atomic mass is 10.1. The van der Waals surface area contributed by atoms with Crippen molar-refractivity contribution >= 4 is 17.3 Å². The average Bonchev–Trinajstić information content (AvgIpc) is 2.44. The van der Waals surface area contributed by atoms with Crippen molar-refractivity contribution in [3.63, 3.8) is 0 Å². The van der Waals surface area contributed by atoms with Crippen LogP contribution in [-0.2, 0) is 6.54 Å². The molecule has 19 heavy (non-hydrogen) atoms. The summed E-state index contributed by atoms with van der Waals surface area (Å²) in [7, 11) is 1.97. The molecule has 1 atom stereocenters. The van der Waals surface area contributed by atoms with Gasteiger partial charge in [0.25, 0.3) is 5.56 Å². The van der Waals surface area contributed by atoms with Crippen LogP contribution < -0.4 is 15.8 Å².